The first-order chi connectivity index (χ1) is 3.85. The Morgan fingerprint density at radius 2 is 1.62 bits per heavy atom. The van der Waals surface area contributed by atoms with Crippen LogP contribution in [0.2, 0.25) is 0 Å². The van der Waals surface area contributed by atoms with Crippen LogP contribution in [-0.2, 0) is 14.0 Å². The summed E-state index contributed by atoms with van der Waals surface area (Å²) in [4.78, 5) is 0. The van der Waals surface area contributed by atoms with Crippen LogP contribution in [0.25, 0.3) is 0 Å². The molecule has 1 radical (unpaired) electrons. The molecule has 0 bridgehead atoms. The first-order valence-electron chi connectivity index (χ1n) is 2.27. The van der Waals surface area contributed by atoms with Gasteiger partial charge in [0.1, 0.15) is 0 Å². The molecule has 8 heavy (non-hydrogen) atoms. The van der Waals surface area contributed by atoms with Crippen molar-refractivity contribution in [3.63, 3.8) is 0 Å². The third-order valence-electron chi connectivity index (χ3n) is 0.712. The second kappa shape index (κ2) is 5.15. The lowest BCUT2D eigenvalue weighted by atomic mass is 9.56. The van der Waals surface area contributed by atoms with Gasteiger partial charge in [0.05, 0.1) is 0 Å². The molecule has 45 valence electrons. The van der Waals surface area contributed by atoms with E-state index in [4.69, 9.17) is 9.31 Å². The monoisotopic (exact) mass is 115 g/mol. The maximum Gasteiger partial charge on any atom is 0.438 e. The van der Waals surface area contributed by atoms with Crippen LogP contribution in [-0.4, -0.2) is 35.7 Å². The van der Waals surface area contributed by atoms with Gasteiger partial charge < -0.3 is 14.0 Å². The highest BCUT2D eigenvalue weighted by Crippen LogP contribution is 1.79. The van der Waals surface area contributed by atoms with Crippen LogP contribution in [0.15, 0.2) is 0 Å². The molecule has 0 fully saturated rings. The molecule has 0 aromatic carbocycles. The quantitative estimate of drug-likeness (QED) is 0.463. The van der Waals surface area contributed by atoms with Gasteiger partial charge in [-0.3, -0.25) is 0 Å². The smallest absolute Gasteiger partial charge is 0.438 e. The van der Waals surface area contributed by atoms with Gasteiger partial charge in [0, 0.05) is 21.3 Å². The van der Waals surface area contributed by atoms with Gasteiger partial charge in [-0.25, -0.2) is 0 Å². The van der Waals surface area contributed by atoms with Crippen molar-refractivity contribution in [3.8, 4) is 0 Å². The zero-order chi connectivity index (χ0) is 6.41. The summed E-state index contributed by atoms with van der Waals surface area (Å²) in [7, 11) is 5.75. The molecule has 0 unspecified atom stereocenters. The van der Waals surface area contributed by atoms with Gasteiger partial charge in [0.2, 0.25) is 0 Å². The van der Waals surface area contributed by atoms with Crippen molar-refractivity contribution in [2.24, 2.45) is 0 Å². The molecule has 0 atom stereocenters. The van der Waals surface area contributed by atoms with E-state index in [0.29, 0.717) is 0 Å². The molecule has 0 aromatic rings. The van der Waals surface area contributed by atoms with E-state index in [2.05, 4.69) is 4.65 Å². The van der Waals surface area contributed by atoms with Gasteiger partial charge in [-0.1, -0.05) is 0 Å². The average Bonchev–Trinajstić information content (AvgIpc) is 1.83. The third-order valence-corrected chi connectivity index (χ3v) is 0.712. The minimum Gasteiger partial charge on any atom is -0.446 e. The molecule has 0 aliphatic heterocycles. The van der Waals surface area contributed by atoms with E-state index in [1.54, 1.807) is 21.3 Å². The lowest BCUT2D eigenvalue weighted by Crippen LogP contribution is -2.28. The highest BCUT2D eigenvalue weighted by atomic mass is 16.6. The molecule has 0 aliphatic carbocycles. The molecular weight excluding hydrogens is 106 g/mol. The van der Waals surface area contributed by atoms with E-state index in [9.17, 15) is 0 Å². The minimum atomic E-state index is -0.347. The highest BCUT2D eigenvalue weighted by Gasteiger charge is 2.15. The first kappa shape index (κ1) is 8.01. The lowest BCUT2D eigenvalue weighted by Gasteiger charge is -2.03. The van der Waals surface area contributed by atoms with E-state index in [0.717, 1.165) is 0 Å². The van der Waals surface area contributed by atoms with Crippen LogP contribution in [0.5, 0.6) is 0 Å². The molecule has 0 saturated carbocycles. The number of hydrogen-bond acceptors (Lipinski definition) is 3. The Morgan fingerprint density at radius 3 is 1.75 bits per heavy atom. The summed E-state index contributed by atoms with van der Waals surface area (Å²) in [6, 6.07) is 0. The predicted molar refractivity (Wildman–Crippen MR) is 32.5 cm³/mol. The van der Waals surface area contributed by atoms with Crippen molar-refractivity contribution in [1.29, 1.82) is 0 Å². The van der Waals surface area contributed by atoms with Crippen LogP contribution in [0.3, 0.4) is 0 Å². The predicted octanol–water partition coefficient (Wildman–Crippen LogP) is -0.470. The maximum absolute atomic E-state index is 4.74. The lowest BCUT2D eigenvalue weighted by molar-refractivity contribution is 0.289. The largest absolute Gasteiger partial charge is 0.446 e. The van der Waals surface area contributed by atoms with Gasteiger partial charge in [0.25, 0.3) is 0 Å². The average molecular weight is 115 g/mol. The van der Waals surface area contributed by atoms with Gasteiger partial charge in [-0.05, 0) is 0 Å². The van der Waals surface area contributed by atoms with Crippen molar-refractivity contribution < 1.29 is 14.0 Å². The number of rotatable bonds is 4. The van der Waals surface area contributed by atoms with Crippen molar-refractivity contribution in [2.75, 3.05) is 21.3 Å². The maximum atomic E-state index is 4.74. The van der Waals surface area contributed by atoms with Gasteiger partial charge in [0.15, 0.2) is 0 Å². The van der Waals surface area contributed by atoms with E-state index in [1.165, 1.54) is 7.37 Å². The molecular formula is C3H9B2O3. The van der Waals surface area contributed by atoms with Gasteiger partial charge in [-0.15, -0.1) is 0 Å². The molecule has 0 rings (SSSR count). The van der Waals surface area contributed by atoms with E-state index < -0.39 is 0 Å². The van der Waals surface area contributed by atoms with E-state index >= 15 is 0 Å². The normalized spacial score (nSPS) is 8.88. The summed E-state index contributed by atoms with van der Waals surface area (Å²) in [6.45, 7) is 0. The fraction of sp³-hybridized carbons (Fsp3) is 1.00. The van der Waals surface area contributed by atoms with Gasteiger partial charge in [-0.2, -0.15) is 0 Å². The Bertz CT molecular complexity index is 47.8. The molecule has 3 nitrogen and oxygen atoms in total. The van der Waals surface area contributed by atoms with Crippen molar-refractivity contribution in [1.82, 2.24) is 0 Å². The first-order valence-corrected chi connectivity index (χ1v) is 2.27. The second-order valence-corrected chi connectivity index (χ2v) is 1.21. The Morgan fingerprint density at radius 1 is 1.12 bits per heavy atom. The van der Waals surface area contributed by atoms with Crippen LogP contribution >= 0.6 is 0 Å². The summed E-state index contributed by atoms with van der Waals surface area (Å²) in [5.74, 6) is 0. The second-order valence-electron chi connectivity index (χ2n) is 1.21. The molecule has 0 N–H and O–H groups in total. The summed E-state index contributed by atoms with van der Waals surface area (Å²) in [6.07, 6.45) is 0. The van der Waals surface area contributed by atoms with Crippen LogP contribution in [0, 0.1) is 0 Å². The van der Waals surface area contributed by atoms with Crippen LogP contribution in [0.4, 0.5) is 0 Å². The van der Waals surface area contributed by atoms with Crippen molar-refractivity contribution in [2.45, 2.75) is 0 Å². The molecule has 0 saturated heterocycles. The fourth-order valence-electron chi connectivity index (χ4n) is 0.318. The molecule has 0 spiro atoms. The van der Waals surface area contributed by atoms with Crippen molar-refractivity contribution >= 4 is 14.4 Å². The van der Waals surface area contributed by atoms with Crippen LogP contribution < -0.4 is 0 Å². The summed E-state index contributed by atoms with van der Waals surface area (Å²) >= 11 is 0. The van der Waals surface area contributed by atoms with Crippen LogP contribution in [0.1, 0.15) is 0 Å². The summed E-state index contributed by atoms with van der Waals surface area (Å²) in [5, 5.41) is 0. The van der Waals surface area contributed by atoms with Gasteiger partial charge >= 0.3 is 14.4 Å². The summed E-state index contributed by atoms with van der Waals surface area (Å²) in [5.41, 5.74) is 0. The Hall–Kier alpha value is 0.00987. The molecule has 0 aromatic heterocycles. The van der Waals surface area contributed by atoms with E-state index in [1.807, 2.05) is 0 Å². The fourth-order valence-corrected chi connectivity index (χ4v) is 0.318. The minimum absolute atomic E-state index is 0.347. The zero-order valence-corrected chi connectivity index (χ0v) is 5.38. The zero-order valence-electron chi connectivity index (χ0n) is 5.38. The molecule has 0 aliphatic rings. The third kappa shape index (κ3) is 3.07. The Labute approximate surface area is 50.7 Å². The summed E-state index contributed by atoms with van der Waals surface area (Å²) < 4.78 is 14.1. The van der Waals surface area contributed by atoms with E-state index in [-0.39, 0.29) is 7.01 Å². The highest BCUT2D eigenvalue weighted by molar-refractivity contribution is 7.02. The SMILES string of the molecule is CO[B]B(OC)OC. The Balaban J connectivity index is 3.07. The number of hydrogen-bond donors (Lipinski definition) is 0. The Kier molecular flexibility index (Phi) is 5.16. The molecule has 5 heteroatoms. The topological polar surface area (TPSA) is 27.7 Å². The molecule has 0 amide bonds. The standard InChI is InChI=1S/C3H9B2O3/c1-6-4-5(7-2)8-3/h1-3H3. The molecule has 0 heterocycles. The van der Waals surface area contributed by atoms with Crippen molar-refractivity contribution in [3.05, 3.63) is 0 Å².